The topological polar surface area (TPSA) is 62.7 Å². The SMILES string of the molecule is CC1(C)C(=O)N(c2ccnc(Cl)c2)C(=O)N1Cc1ccccc1Oc1ccccc1.Cl. The number of halogens is 2. The van der Waals surface area contributed by atoms with Crippen molar-refractivity contribution in [2.45, 2.75) is 25.9 Å². The second-order valence-corrected chi connectivity index (χ2v) is 7.82. The maximum Gasteiger partial charge on any atom is 0.332 e. The van der Waals surface area contributed by atoms with Crippen molar-refractivity contribution in [2.24, 2.45) is 0 Å². The van der Waals surface area contributed by atoms with E-state index in [0.717, 1.165) is 10.5 Å². The van der Waals surface area contributed by atoms with Gasteiger partial charge < -0.3 is 9.64 Å². The zero-order valence-corrected chi connectivity index (χ0v) is 18.6. The molecule has 3 amide bonds. The van der Waals surface area contributed by atoms with E-state index in [1.54, 1.807) is 19.9 Å². The molecule has 2 heterocycles. The van der Waals surface area contributed by atoms with Gasteiger partial charge in [-0.15, -0.1) is 12.4 Å². The van der Waals surface area contributed by atoms with Crippen LogP contribution in [0.2, 0.25) is 5.15 Å². The molecular weight excluding hydrogens is 437 g/mol. The van der Waals surface area contributed by atoms with Crippen LogP contribution in [0.4, 0.5) is 10.5 Å². The van der Waals surface area contributed by atoms with Gasteiger partial charge in [-0.05, 0) is 44.2 Å². The number of para-hydroxylation sites is 2. The number of urea groups is 1. The Morgan fingerprint density at radius 1 is 1.00 bits per heavy atom. The molecule has 0 saturated carbocycles. The van der Waals surface area contributed by atoms with Crippen LogP contribution in [0.1, 0.15) is 19.4 Å². The highest BCUT2D eigenvalue weighted by Gasteiger charge is 2.52. The summed E-state index contributed by atoms with van der Waals surface area (Å²) in [5.74, 6) is 1.00. The Balaban J connectivity index is 0.00000272. The molecule has 0 bridgehead atoms. The minimum absolute atomic E-state index is 0. The Morgan fingerprint density at radius 3 is 2.39 bits per heavy atom. The van der Waals surface area contributed by atoms with E-state index in [2.05, 4.69) is 4.98 Å². The maximum atomic E-state index is 13.2. The van der Waals surface area contributed by atoms with Crippen LogP contribution in [0.15, 0.2) is 72.9 Å². The van der Waals surface area contributed by atoms with Gasteiger partial charge >= 0.3 is 6.03 Å². The third-order valence-corrected chi connectivity index (χ3v) is 5.27. The molecule has 8 heteroatoms. The van der Waals surface area contributed by atoms with E-state index in [9.17, 15) is 9.59 Å². The largest absolute Gasteiger partial charge is 0.457 e. The van der Waals surface area contributed by atoms with Crippen LogP contribution in [-0.2, 0) is 11.3 Å². The van der Waals surface area contributed by atoms with Crippen LogP contribution in [0.5, 0.6) is 11.5 Å². The van der Waals surface area contributed by atoms with Crippen molar-refractivity contribution in [3.8, 4) is 11.5 Å². The van der Waals surface area contributed by atoms with Crippen LogP contribution < -0.4 is 9.64 Å². The van der Waals surface area contributed by atoms with Crippen molar-refractivity contribution in [3.05, 3.63) is 83.6 Å². The summed E-state index contributed by atoms with van der Waals surface area (Å²) in [7, 11) is 0. The highest BCUT2D eigenvalue weighted by atomic mass is 35.5. The lowest BCUT2D eigenvalue weighted by Gasteiger charge is -2.28. The van der Waals surface area contributed by atoms with Crippen LogP contribution in [-0.4, -0.2) is 27.4 Å². The first-order valence-corrected chi connectivity index (χ1v) is 9.84. The minimum Gasteiger partial charge on any atom is -0.457 e. The molecule has 0 N–H and O–H groups in total. The fraction of sp³-hybridized carbons (Fsp3) is 0.174. The minimum atomic E-state index is -1.04. The van der Waals surface area contributed by atoms with E-state index in [-0.39, 0.29) is 30.0 Å². The Bertz CT molecular complexity index is 1110. The summed E-state index contributed by atoms with van der Waals surface area (Å²) in [5, 5.41) is 0.214. The van der Waals surface area contributed by atoms with Crippen LogP contribution in [0.3, 0.4) is 0 Å². The first kappa shape index (κ1) is 22.6. The molecule has 160 valence electrons. The number of rotatable bonds is 5. The molecule has 1 fully saturated rings. The van der Waals surface area contributed by atoms with Crippen molar-refractivity contribution in [2.75, 3.05) is 4.90 Å². The highest BCUT2D eigenvalue weighted by molar-refractivity contribution is 6.30. The molecule has 0 aliphatic carbocycles. The summed E-state index contributed by atoms with van der Waals surface area (Å²) in [6.45, 7) is 3.68. The smallest absolute Gasteiger partial charge is 0.332 e. The first-order valence-electron chi connectivity index (χ1n) is 9.46. The number of nitrogens with zero attached hydrogens (tertiary/aromatic N) is 3. The lowest BCUT2D eigenvalue weighted by molar-refractivity contribution is -0.123. The lowest BCUT2D eigenvalue weighted by atomic mass is 10.0. The molecule has 0 unspecified atom stereocenters. The van der Waals surface area contributed by atoms with Gasteiger partial charge in [0.05, 0.1) is 12.2 Å². The normalized spacial score (nSPS) is 15.1. The number of benzene rings is 2. The summed E-state index contributed by atoms with van der Waals surface area (Å²) >= 11 is 5.96. The third-order valence-electron chi connectivity index (χ3n) is 5.06. The van der Waals surface area contributed by atoms with Crippen molar-refractivity contribution in [1.82, 2.24) is 9.88 Å². The molecule has 1 saturated heterocycles. The first-order chi connectivity index (χ1) is 14.4. The molecule has 1 aromatic heterocycles. The van der Waals surface area contributed by atoms with Crippen LogP contribution >= 0.6 is 24.0 Å². The lowest BCUT2D eigenvalue weighted by Crippen LogP contribution is -2.43. The number of ether oxygens (including phenoxy) is 1. The second-order valence-electron chi connectivity index (χ2n) is 7.43. The second kappa shape index (κ2) is 8.96. The Morgan fingerprint density at radius 2 is 1.68 bits per heavy atom. The number of carbonyl (C=O) groups excluding carboxylic acids is 2. The van der Waals surface area contributed by atoms with Crippen molar-refractivity contribution >= 4 is 41.6 Å². The number of aromatic nitrogens is 1. The molecule has 31 heavy (non-hydrogen) atoms. The fourth-order valence-electron chi connectivity index (χ4n) is 3.38. The van der Waals surface area contributed by atoms with Gasteiger partial charge in [-0.25, -0.2) is 14.7 Å². The molecule has 3 aromatic rings. The van der Waals surface area contributed by atoms with E-state index in [4.69, 9.17) is 16.3 Å². The molecule has 0 radical (unpaired) electrons. The van der Waals surface area contributed by atoms with E-state index in [1.165, 1.54) is 17.2 Å². The molecule has 0 spiro atoms. The zero-order valence-electron chi connectivity index (χ0n) is 17.0. The van der Waals surface area contributed by atoms with Gasteiger partial charge in [0, 0.05) is 11.8 Å². The van der Waals surface area contributed by atoms with Gasteiger partial charge in [-0.1, -0.05) is 48.0 Å². The summed E-state index contributed by atoms with van der Waals surface area (Å²) in [6.07, 6.45) is 1.47. The van der Waals surface area contributed by atoms with Gasteiger partial charge in [-0.2, -0.15) is 0 Å². The van der Waals surface area contributed by atoms with Crippen LogP contribution in [0.25, 0.3) is 0 Å². The predicted octanol–water partition coefficient (Wildman–Crippen LogP) is 5.70. The monoisotopic (exact) mass is 457 g/mol. The molecule has 1 aliphatic rings. The summed E-state index contributed by atoms with van der Waals surface area (Å²) in [4.78, 5) is 32.9. The molecule has 4 rings (SSSR count). The molecule has 0 atom stereocenters. The van der Waals surface area contributed by atoms with E-state index in [1.807, 2.05) is 54.6 Å². The quantitative estimate of drug-likeness (QED) is 0.364. The number of hydrogen-bond acceptors (Lipinski definition) is 4. The number of amides is 3. The van der Waals surface area contributed by atoms with E-state index < -0.39 is 11.6 Å². The predicted molar refractivity (Wildman–Crippen MR) is 122 cm³/mol. The third kappa shape index (κ3) is 4.36. The summed E-state index contributed by atoms with van der Waals surface area (Å²) < 4.78 is 6.02. The number of hydrogen-bond donors (Lipinski definition) is 0. The fourth-order valence-corrected chi connectivity index (χ4v) is 3.55. The average Bonchev–Trinajstić information content (AvgIpc) is 2.89. The van der Waals surface area contributed by atoms with Gasteiger partial charge in [0.15, 0.2) is 0 Å². The van der Waals surface area contributed by atoms with Crippen molar-refractivity contribution in [3.63, 3.8) is 0 Å². The van der Waals surface area contributed by atoms with Gasteiger partial charge in [-0.3, -0.25) is 4.79 Å². The number of imide groups is 1. The Kier molecular flexibility index (Phi) is 6.53. The molecule has 6 nitrogen and oxygen atoms in total. The van der Waals surface area contributed by atoms with Crippen LogP contribution in [0, 0.1) is 0 Å². The Labute approximate surface area is 191 Å². The van der Waals surface area contributed by atoms with Crippen molar-refractivity contribution < 1.29 is 14.3 Å². The zero-order chi connectivity index (χ0) is 21.3. The van der Waals surface area contributed by atoms with Gasteiger partial charge in [0.25, 0.3) is 5.91 Å². The van der Waals surface area contributed by atoms with E-state index >= 15 is 0 Å². The van der Waals surface area contributed by atoms with Gasteiger partial charge in [0.2, 0.25) is 0 Å². The maximum absolute atomic E-state index is 13.2. The molecule has 2 aromatic carbocycles. The summed E-state index contributed by atoms with van der Waals surface area (Å²) in [5.41, 5.74) is 0.159. The molecular formula is C23H21Cl2N3O3. The Hall–Kier alpha value is -3.09. The number of anilines is 1. The van der Waals surface area contributed by atoms with Crippen molar-refractivity contribution in [1.29, 1.82) is 0 Å². The average molecular weight is 458 g/mol. The standard InChI is InChI=1S/C23H20ClN3O3.ClH/c1-23(2)21(28)27(17-12-13-25-20(24)14-17)22(29)26(23)15-16-8-6-7-11-19(16)30-18-9-4-3-5-10-18;/h3-14H,15H2,1-2H3;1H. The number of carbonyl (C=O) groups is 2. The summed E-state index contributed by atoms with van der Waals surface area (Å²) in [6, 6.07) is 19.6. The number of pyridine rings is 1. The molecule has 1 aliphatic heterocycles. The van der Waals surface area contributed by atoms with E-state index in [0.29, 0.717) is 17.2 Å². The highest BCUT2D eigenvalue weighted by Crippen LogP contribution is 2.35. The van der Waals surface area contributed by atoms with Gasteiger partial charge in [0.1, 0.15) is 22.2 Å².